The summed E-state index contributed by atoms with van der Waals surface area (Å²) in [6.45, 7) is 0. The van der Waals surface area contributed by atoms with Crippen LogP contribution < -0.4 is 5.32 Å². The highest BCUT2D eigenvalue weighted by Crippen LogP contribution is 2.34. The molecule has 0 radical (unpaired) electrons. The number of rotatable bonds is 5. The summed E-state index contributed by atoms with van der Waals surface area (Å²) in [5.74, 6) is -2.81. The molecule has 3 rings (SSSR count). The van der Waals surface area contributed by atoms with E-state index in [-0.39, 0.29) is 17.8 Å². The molecule has 1 atom stereocenters. The summed E-state index contributed by atoms with van der Waals surface area (Å²) in [5.41, 5.74) is -2.47. The van der Waals surface area contributed by atoms with E-state index in [0.717, 1.165) is 30.3 Å². The number of nitrogens with one attached hydrogen (secondary N) is 1. The minimum Gasteiger partial charge on any atom is -0.481 e. The minimum atomic E-state index is -4.61. The molecule has 1 heterocycles. The number of hydrogen-bond donors (Lipinski definition) is 2. The first-order valence-corrected chi connectivity index (χ1v) is 8.31. The fourth-order valence-electron chi connectivity index (χ4n) is 2.83. The number of aliphatic carboxylic acids is 1. The first-order chi connectivity index (χ1) is 13.6. The number of carbonyl (C=O) groups excluding carboxylic acids is 1. The van der Waals surface area contributed by atoms with Crippen LogP contribution in [0.5, 0.6) is 0 Å². The largest absolute Gasteiger partial charge is 0.481 e. The van der Waals surface area contributed by atoms with Gasteiger partial charge < -0.3 is 15.3 Å². The predicted octanol–water partition coefficient (Wildman–Crippen LogP) is 3.82. The van der Waals surface area contributed by atoms with E-state index in [1.165, 1.54) is 18.2 Å². The highest BCUT2D eigenvalue weighted by molar-refractivity contribution is 6.09. The van der Waals surface area contributed by atoms with Gasteiger partial charge in [-0.3, -0.25) is 9.59 Å². The molecule has 152 valence electrons. The van der Waals surface area contributed by atoms with Crippen LogP contribution in [0.15, 0.2) is 53.7 Å². The summed E-state index contributed by atoms with van der Waals surface area (Å²) in [6.07, 6.45) is -5.63. The van der Waals surface area contributed by atoms with Gasteiger partial charge in [0.05, 0.1) is 17.7 Å². The Morgan fingerprint density at radius 2 is 1.86 bits per heavy atom. The van der Waals surface area contributed by atoms with E-state index in [2.05, 4.69) is 10.5 Å². The number of carboxylic acids is 1. The molecule has 1 aliphatic rings. The van der Waals surface area contributed by atoms with E-state index >= 15 is 0 Å². The van der Waals surface area contributed by atoms with Crippen molar-refractivity contribution in [1.29, 1.82) is 0 Å². The maximum absolute atomic E-state index is 13.1. The van der Waals surface area contributed by atoms with Crippen molar-refractivity contribution in [1.82, 2.24) is 0 Å². The van der Waals surface area contributed by atoms with Gasteiger partial charge in [-0.15, -0.1) is 0 Å². The number of nitrogens with zero attached hydrogens (tertiary/aromatic N) is 1. The number of alkyl halides is 3. The van der Waals surface area contributed by atoms with Gasteiger partial charge in [-0.05, 0) is 35.9 Å². The average Bonchev–Trinajstić information content (AvgIpc) is 3.06. The van der Waals surface area contributed by atoms with Crippen molar-refractivity contribution in [2.75, 3.05) is 5.32 Å². The number of halogens is 4. The Balaban J connectivity index is 1.83. The van der Waals surface area contributed by atoms with Crippen LogP contribution in [-0.2, 0) is 20.6 Å². The Morgan fingerprint density at radius 3 is 2.48 bits per heavy atom. The van der Waals surface area contributed by atoms with Crippen LogP contribution in [0.4, 0.5) is 23.2 Å². The molecular formula is C19H14F4N2O4. The standard InChI is InChI=1S/C19H14F4N2O4/c20-13-6-4-11(5-7-13)15-9-18(29-25-15,10-16(26)27)17(28)24-14-3-1-2-12(8-14)19(21,22)23/h1-8H,9-10H2,(H,24,28)(H,26,27)/t18-/m0/s1. The lowest BCUT2D eigenvalue weighted by Crippen LogP contribution is -2.45. The molecular weight excluding hydrogens is 396 g/mol. The van der Waals surface area contributed by atoms with Crippen LogP contribution in [0.3, 0.4) is 0 Å². The first kappa shape index (κ1) is 20.3. The molecule has 1 amide bonds. The number of hydrogen-bond acceptors (Lipinski definition) is 4. The molecule has 0 saturated carbocycles. The highest BCUT2D eigenvalue weighted by atomic mass is 19.4. The predicted molar refractivity (Wildman–Crippen MR) is 93.7 cm³/mol. The van der Waals surface area contributed by atoms with Gasteiger partial charge in [-0.25, -0.2) is 4.39 Å². The van der Waals surface area contributed by atoms with Crippen molar-refractivity contribution in [3.63, 3.8) is 0 Å². The second-order valence-corrected chi connectivity index (χ2v) is 6.41. The molecule has 0 bridgehead atoms. The second kappa shape index (κ2) is 7.53. The molecule has 0 spiro atoms. The molecule has 2 N–H and O–H groups in total. The van der Waals surface area contributed by atoms with Gasteiger partial charge in [-0.1, -0.05) is 23.4 Å². The quantitative estimate of drug-likeness (QED) is 0.734. The van der Waals surface area contributed by atoms with Gasteiger partial charge in [0.15, 0.2) is 0 Å². The molecule has 1 aliphatic heterocycles. The summed E-state index contributed by atoms with van der Waals surface area (Å²) in [5, 5.41) is 15.2. The van der Waals surface area contributed by atoms with Gasteiger partial charge in [-0.2, -0.15) is 13.2 Å². The zero-order chi connectivity index (χ0) is 21.2. The lowest BCUT2D eigenvalue weighted by atomic mass is 9.90. The molecule has 0 fully saturated rings. The molecule has 6 nitrogen and oxygen atoms in total. The third-order valence-corrected chi connectivity index (χ3v) is 4.26. The number of carboxylic acid groups (broad SMARTS) is 1. The van der Waals surface area contributed by atoms with E-state index in [1.54, 1.807) is 0 Å². The van der Waals surface area contributed by atoms with Crippen LogP contribution in [0.2, 0.25) is 0 Å². The Kier molecular flexibility index (Phi) is 5.27. The van der Waals surface area contributed by atoms with Gasteiger partial charge >= 0.3 is 12.1 Å². The van der Waals surface area contributed by atoms with Crippen molar-refractivity contribution in [3.8, 4) is 0 Å². The average molecular weight is 410 g/mol. The van der Waals surface area contributed by atoms with Gasteiger partial charge in [0.2, 0.25) is 5.60 Å². The summed E-state index contributed by atoms with van der Waals surface area (Å²) < 4.78 is 51.7. The number of anilines is 1. The fourth-order valence-corrected chi connectivity index (χ4v) is 2.83. The topological polar surface area (TPSA) is 88.0 Å². The molecule has 0 aromatic heterocycles. The van der Waals surface area contributed by atoms with Crippen LogP contribution in [0, 0.1) is 5.82 Å². The molecule has 0 unspecified atom stereocenters. The molecule has 29 heavy (non-hydrogen) atoms. The van der Waals surface area contributed by atoms with Crippen molar-refractivity contribution in [2.24, 2.45) is 5.16 Å². The fraction of sp³-hybridized carbons (Fsp3) is 0.211. The third-order valence-electron chi connectivity index (χ3n) is 4.26. The number of amides is 1. The zero-order valence-corrected chi connectivity index (χ0v) is 14.7. The number of carbonyl (C=O) groups is 2. The zero-order valence-electron chi connectivity index (χ0n) is 14.7. The van der Waals surface area contributed by atoms with Crippen LogP contribution in [-0.4, -0.2) is 28.3 Å². The van der Waals surface area contributed by atoms with E-state index in [0.29, 0.717) is 5.56 Å². The van der Waals surface area contributed by atoms with Gasteiger partial charge in [0.1, 0.15) is 5.82 Å². The lowest BCUT2D eigenvalue weighted by molar-refractivity contribution is -0.152. The maximum Gasteiger partial charge on any atom is 0.416 e. The lowest BCUT2D eigenvalue weighted by Gasteiger charge is -2.23. The van der Waals surface area contributed by atoms with Gasteiger partial charge in [0, 0.05) is 12.1 Å². The van der Waals surface area contributed by atoms with E-state index in [9.17, 15) is 32.3 Å². The Morgan fingerprint density at radius 1 is 1.17 bits per heavy atom. The van der Waals surface area contributed by atoms with E-state index < -0.39 is 41.5 Å². The first-order valence-electron chi connectivity index (χ1n) is 8.31. The summed E-state index contributed by atoms with van der Waals surface area (Å²) >= 11 is 0. The molecule has 0 aliphatic carbocycles. The Bertz CT molecular complexity index is 973. The van der Waals surface area contributed by atoms with Gasteiger partial charge in [0.25, 0.3) is 5.91 Å². The molecule has 2 aromatic rings. The molecule has 10 heteroatoms. The second-order valence-electron chi connectivity index (χ2n) is 6.41. The van der Waals surface area contributed by atoms with Crippen molar-refractivity contribution >= 4 is 23.3 Å². The van der Waals surface area contributed by atoms with Crippen LogP contribution >= 0.6 is 0 Å². The highest BCUT2D eigenvalue weighted by Gasteiger charge is 2.49. The summed E-state index contributed by atoms with van der Waals surface area (Å²) in [7, 11) is 0. The van der Waals surface area contributed by atoms with Crippen LogP contribution in [0.25, 0.3) is 0 Å². The Labute approximate surface area is 161 Å². The SMILES string of the molecule is O=C(O)C[C@]1(C(=O)Nc2cccc(C(F)(F)F)c2)CC(c2ccc(F)cc2)=NO1. The van der Waals surface area contributed by atoms with Crippen molar-refractivity contribution in [2.45, 2.75) is 24.6 Å². The number of oxime groups is 1. The normalized spacial score (nSPS) is 18.7. The minimum absolute atomic E-state index is 0.173. The third kappa shape index (κ3) is 4.53. The van der Waals surface area contributed by atoms with Crippen molar-refractivity contribution in [3.05, 3.63) is 65.5 Å². The molecule has 2 aromatic carbocycles. The van der Waals surface area contributed by atoms with Crippen molar-refractivity contribution < 1.29 is 37.1 Å². The van der Waals surface area contributed by atoms with E-state index in [4.69, 9.17) is 4.84 Å². The summed E-state index contributed by atoms with van der Waals surface area (Å²) in [4.78, 5) is 29.2. The number of benzene rings is 2. The summed E-state index contributed by atoms with van der Waals surface area (Å²) in [6, 6.07) is 9.01. The molecule has 0 saturated heterocycles. The van der Waals surface area contributed by atoms with E-state index in [1.807, 2.05) is 0 Å². The maximum atomic E-state index is 13.1. The Hall–Kier alpha value is -3.43. The monoisotopic (exact) mass is 410 g/mol. The van der Waals surface area contributed by atoms with Crippen LogP contribution in [0.1, 0.15) is 24.0 Å². The smallest absolute Gasteiger partial charge is 0.416 e.